The fourth-order valence-electron chi connectivity index (χ4n) is 4.27. The van der Waals surface area contributed by atoms with Crippen LogP contribution in [0.25, 0.3) is 10.9 Å². The molecule has 1 aliphatic heterocycles. The van der Waals surface area contributed by atoms with Crippen LogP contribution in [0.2, 0.25) is 0 Å². The first-order chi connectivity index (χ1) is 14.7. The van der Waals surface area contributed by atoms with Gasteiger partial charge in [0.25, 0.3) is 5.56 Å². The van der Waals surface area contributed by atoms with Gasteiger partial charge in [0.1, 0.15) is 0 Å². The monoisotopic (exact) mass is 442 g/mol. The smallest absolute Gasteiger partial charge is 0.251 e. The molecule has 1 aliphatic rings. The first-order valence-electron chi connectivity index (χ1n) is 10.1. The summed E-state index contributed by atoms with van der Waals surface area (Å²) < 4.78 is 41.4. The van der Waals surface area contributed by atoms with Crippen LogP contribution in [-0.4, -0.2) is 33.2 Å². The number of hydrogen-bond acceptors (Lipinski definition) is 5. The maximum Gasteiger partial charge on any atom is 0.251 e. The summed E-state index contributed by atoms with van der Waals surface area (Å²) in [5.74, 6) is 1.23. The van der Waals surface area contributed by atoms with E-state index in [-0.39, 0.29) is 16.5 Å². The van der Waals surface area contributed by atoms with Gasteiger partial charge in [0.2, 0.25) is 10.0 Å². The van der Waals surface area contributed by atoms with Gasteiger partial charge in [-0.1, -0.05) is 6.07 Å². The van der Waals surface area contributed by atoms with Crippen LogP contribution in [0.5, 0.6) is 11.5 Å². The molecule has 2 heterocycles. The van der Waals surface area contributed by atoms with E-state index in [4.69, 9.17) is 9.47 Å². The third kappa shape index (κ3) is 3.93. The minimum atomic E-state index is -3.73. The molecule has 0 saturated heterocycles. The number of hydrogen-bond donors (Lipinski definition) is 1. The van der Waals surface area contributed by atoms with E-state index in [2.05, 4.69) is 4.72 Å². The quantitative estimate of drug-likeness (QED) is 0.608. The van der Waals surface area contributed by atoms with Crippen LogP contribution in [-0.2, 0) is 29.4 Å². The van der Waals surface area contributed by atoms with E-state index in [1.807, 2.05) is 32.0 Å². The summed E-state index contributed by atoms with van der Waals surface area (Å²) in [5.41, 5.74) is 3.43. The molecule has 0 radical (unpaired) electrons. The first kappa shape index (κ1) is 21.4. The second kappa shape index (κ2) is 8.01. The average molecular weight is 443 g/mol. The van der Waals surface area contributed by atoms with Gasteiger partial charge in [-0.15, -0.1) is 0 Å². The van der Waals surface area contributed by atoms with E-state index in [1.54, 1.807) is 37.0 Å². The maximum atomic E-state index is 13.1. The second-order valence-corrected chi connectivity index (χ2v) is 9.68. The van der Waals surface area contributed by atoms with Crippen molar-refractivity contribution in [3.63, 3.8) is 0 Å². The van der Waals surface area contributed by atoms with E-state index in [0.29, 0.717) is 30.9 Å². The highest BCUT2D eigenvalue weighted by molar-refractivity contribution is 7.89. The molecule has 0 saturated carbocycles. The van der Waals surface area contributed by atoms with Gasteiger partial charge in [0, 0.05) is 24.0 Å². The van der Waals surface area contributed by atoms with Gasteiger partial charge in [0.05, 0.1) is 24.6 Å². The highest BCUT2D eigenvalue weighted by Gasteiger charge is 2.24. The number of rotatable bonds is 7. The molecule has 0 amide bonds. The van der Waals surface area contributed by atoms with Crippen LogP contribution >= 0.6 is 0 Å². The number of aryl methyl sites for hydroxylation is 3. The summed E-state index contributed by atoms with van der Waals surface area (Å²) >= 11 is 0. The van der Waals surface area contributed by atoms with Crippen LogP contribution in [0.15, 0.2) is 46.1 Å². The Bertz CT molecular complexity index is 1330. The Morgan fingerprint density at radius 3 is 2.55 bits per heavy atom. The predicted molar refractivity (Wildman–Crippen MR) is 120 cm³/mol. The molecule has 0 unspecified atom stereocenters. The van der Waals surface area contributed by atoms with Crippen molar-refractivity contribution in [2.75, 3.05) is 14.2 Å². The van der Waals surface area contributed by atoms with Crippen molar-refractivity contribution in [3.8, 4) is 11.5 Å². The molecule has 0 spiro atoms. The SMILES string of the molecule is COc1ccc(C[C@H](C)NS(=O)(=O)c2cc3c4c(c2)c(C)cc(=O)n4CC3)cc1OC. The zero-order valence-corrected chi connectivity index (χ0v) is 18.9. The van der Waals surface area contributed by atoms with Crippen LogP contribution in [0, 0.1) is 6.92 Å². The predicted octanol–water partition coefficient (Wildman–Crippen LogP) is 2.79. The van der Waals surface area contributed by atoms with Crippen molar-refractivity contribution in [2.24, 2.45) is 0 Å². The molecule has 8 heteroatoms. The van der Waals surface area contributed by atoms with Crippen molar-refractivity contribution in [2.45, 2.75) is 44.2 Å². The molecule has 4 rings (SSSR count). The van der Waals surface area contributed by atoms with E-state index in [1.165, 1.54) is 0 Å². The lowest BCUT2D eigenvalue weighted by Gasteiger charge is -2.17. The molecule has 0 bridgehead atoms. The minimum absolute atomic E-state index is 0.0407. The molecule has 31 heavy (non-hydrogen) atoms. The number of methoxy groups -OCH3 is 2. The van der Waals surface area contributed by atoms with E-state index in [9.17, 15) is 13.2 Å². The highest BCUT2D eigenvalue weighted by atomic mass is 32.2. The standard InChI is InChI=1S/C23H26N2O5S/c1-14-9-22(26)25-8-7-17-12-18(13-19(14)23(17)25)31(27,28)24-15(2)10-16-5-6-20(29-3)21(11-16)30-4/h5-6,9,11-13,15,24H,7-8,10H2,1-4H3/t15-/m0/s1. The Balaban J connectivity index is 1.61. The van der Waals surface area contributed by atoms with E-state index in [0.717, 1.165) is 27.6 Å². The molecular weight excluding hydrogens is 416 g/mol. The van der Waals surface area contributed by atoms with Crippen LogP contribution in [0.1, 0.15) is 23.6 Å². The van der Waals surface area contributed by atoms with Gasteiger partial charge in [-0.25, -0.2) is 13.1 Å². The number of ether oxygens (including phenoxy) is 2. The zero-order chi connectivity index (χ0) is 22.3. The van der Waals surface area contributed by atoms with Gasteiger partial charge in [-0.2, -0.15) is 0 Å². The van der Waals surface area contributed by atoms with Crippen LogP contribution in [0.4, 0.5) is 0 Å². The summed E-state index contributed by atoms with van der Waals surface area (Å²) in [4.78, 5) is 12.4. The lowest BCUT2D eigenvalue weighted by atomic mass is 10.1. The number of pyridine rings is 1. The molecule has 1 aromatic heterocycles. The molecule has 7 nitrogen and oxygen atoms in total. The summed E-state index contributed by atoms with van der Waals surface area (Å²) in [5, 5.41) is 0.808. The lowest BCUT2D eigenvalue weighted by molar-refractivity contribution is 0.354. The molecule has 0 fully saturated rings. The maximum absolute atomic E-state index is 13.1. The average Bonchev–Trinajstić information content (AvgIpc) is 3.16. The molecular formula is C23H26N2O5S. The Morgan fingerprint density at radius 2 is 1.84 bits per heavy atom. The number of aromatic nitrogens is 1. The Hall–Kier alpha value is -2.84. The van der Waals surface area contributed by atoms with Crippen molar-refractivity contribution in [3.05, 3.63) is 63.4 Å². The number of nitrogens with zero attached hydrogens (tertiary/aromatic N) is 1. The number of sulfonamides is 1. The number of nitrogens with one attached hydrogen (secondary N) is 1. The molecule has 164 valence electrons. The Labute approximate surface area is 181 Å². The van der Waals surface area contributed by atoms with Crippen molar-refractivity contribution >= 4 is 20.9 Å². The summed E-state index contributed by atoms with van der Waals surface area (Å²) in [6, 6.07) is 10.2. The van der Waals surface area contributed by atoms with Gasteiger partial charge in [0.15, 0.2) is 11.5 Å². The molecule has 2 aromatic carbocycles. The molecule has 1 N–H and O–H groups in total. The third-order valence-corrected chi connectivity index (χ3v) is 7.29. The van der Waals surface area contributed by atoms with Crippen LogP contribution in [0.3, 0.4) is 0 Å². The molecule has 3 aromatic rings. The van der Waals surface area contributed by atoms with Gasteiger partial charge in [-0.05, 0) is 67.6 Å². The van der Waals surface area contributed by atoms with Crippen molar-refractivity contribution < 1.29 is 17.9 Å². The second-order valence-electron chi connectivity index (χ2n) is 7.96. The van der Waals surface area contributed by atoms with Gasteiger partial charge < -0.3 is 14.0 Å². The first-order valence-corrected chi connectivity index (χ1v) is 11.6. The van der Waals surface area contributed by atoms with Gasteiger partial charge >= 0.3 is 0 Å². The topological polar surface area (TPSA) is 86.6 Å². The summed E-state index contributed by atoms with van der Waals surface area (Å²) in [7, 11) is -0.587. The normalized spacial score (nSPS) is 14.1. The van der Waals surface area contributed by atoms with E-state index >= 15 is 0 Å². The Morgan fingerprint density at radius 1 is 1.10 bits per heavy atom. The van der Waals surface area contributed by atoms with E-state index < -0.39 is 10.0 Å². The molecule has 0 aliphatic carbocycles. The minimum Gasteiger partial charge on any atom is -0.493 e. The largest absolute Gasteiger partial charge is 0.493 e. The fraction of sp³-hybridized carbons (Fsp3) is 0.348. The highest BCUT2D eigenvalue weighted by Crippen LogP contribution is 2.30. The number of benzene rings is 2. The summed E-state index contributed by atoms with van der Waals surface area (Å²) in [6.45, 7) is 4.25. The zero-order valence-electron chi connectivity index (χ0n) is 18.1. The lowest BCUT2D eigenvalue weighted by Crippen LogP contribution is -2.34. The third-order valence-electron chi connectivity index (χ3n) is 5.72. The Kier molecular flexibility index (Phi) is 5.53. The molecule has 1 atom stereocenters. The van der Waals surface area contributed by atoms with Crippen molar-refractivity contribution in [1.29, 1.82) is 0 Å². The van der Waals surface area contributed by atoms with Crippen molar-refractivity contribution in [1.82, 2.24) is 9.29 Å². The summed E-state index contributed by atoms with van der Waals surface area (Å²) in [6.07, 6.45) is 1.15. The van der Waals surface area contributed by atoms with Gasteiger partial charge in [-0.3, -0.25) is 4.79 Å². The van der Waals surface area contributed by atoms with Crippen LogP contribution < -0.4 is 19.8 Å². The fourth-order valence-corrected chi connectivity index (χ4v) is 5.59.